The molecule has 0 amide bonds. The zero-order chi connectivity index (χ0) is 30.1. The van der Waals surface area contributed by atoms with Crippen molar-refractivity contribution in [2.75, 3.05) is 26.9 Å². The van der Waals surface area contributed by atoms with E-state index in [2.05, 4.69) is 0 Å². The van der Waals surface area contributed by atoms with Crippen LogP contribution in [0, 0.1) is 11.8 Å². The maximum Gasteiger partial charge on any atom is 0.187 e. The maximum atomic E-state index is 10.9. The highest BCUT2D eigenvalue weighted by molar-refractivity contribution is 5.56. The highest BCUT2D eigenvalue weighted by Crippen LogP contribution is 2.50. The van der Waals surface area contributed by atoms with E-state index in [-0.39, 0.29) is 25.7 Å². The Morgan fingerprint density at radius 1 is 0.923 bits per heavy atom. The van der Waals surface area contributed by atoms with Gasteiger partial charge in [-0.3, -0.25) is 0 Å². The van der Waals surface area contributed by atoms with E-state index < -0.39 is 98.2 Å². The van der Waals surface area contributed by atoms with E-state index in [1.54, 1.807) is 0 Å². The number of hydrogen-bond acceptors (Lipinski definition) is 15. The summed E-state index contributed by atoms with van der Waals surface area (Å²) in [4.78, 5) is 10.9. The second kappa shape index (κ2) is 16.5. The molecule has 0 aromatic carbocycles. The first-order valence-corrected chi connectivity index (χ1v) is 13.0. The molecule has 3 fully saturated rings. The van der Waals surface area contributed by atoms with Crippen molar-refractivity contribution < 1.29 is 74.8 Å². The van der Waals surface area contributed by atoms with Crippen LogP contribution in [-0.4, -0.2) is 157 Å². The minimum Gasteiger partial charge on any atom is -0.400 e. The summed E-state index contributed by atoms with van der Waals surface area (Å²) in [6, 6.07) is 0. The van der Waals surface area contributed by atoms with Crippen LogP contribution in [0.3, 0.4) is 0 Å². The molecule has 0 bridgehead atoms. The molecule has 2 heterocycles. The molecular weight excluding hydrogens is 528 g/mol. The quantitative estimate of drug-likeness (QED) is 0.111. The number of aldehydes is 1. The molecule has 1 unspecified atom stereocenters. The molecule has 0 spiro atoms. The van der Waals surface area contributed by atoms with Gasteiger partial charge in [-0.2, -0.15) is 0 Å². The fourth-order valence-electron chi connectivity index (χ4n) is 5.24. The van der Waals surface area contributed by atoms with Crippen molar-refractivity contribution in [1.82, 2.24) is 0 Å². The maximum absolute atomic E-state index is 10.9. The Balaban J connectivity index is 0.00000181. The summed E-state index contributed by atoms with van der Waals surface area (Å²) in [5, 5.41) is 97.4. The predicted octanol–water partition coefficient (Wildman–Crippen LogP) is -4.40. The van der Waals surface area contributed by atoms with Gasteiger partial charge in [0.15, 0.2) is 18.9 Å². The predicted molar refractivity (Wildman–Crippen MR) is 131 cm³/mol. The molecule has 232 valence electrons. The summed E-state index contributed by atoms with van der Waals surface area (Å²) in [5.41, 5.74) is -1.28. The average Bonchev–Trinajstić information content (AvgIpc) is 2.95. The van der Waals surface area contributed by atoms with Gasteiger partial charge in [-0.1, -0.05) is 13.8 Å². The van der Waals surface area contributed by atoms with Crippen LogP contribution in [-0.2, 0) is 23.7 Å². The van der Waals surface area contributed by atoms with E-state index >= 15 is 0 Å². The van der Waals surface area contributed by atoms with Gasteiger partial charge in [-0.25, -0.2) is 0 Å². The Hall–Kier alpha value is -0.890. The normalized spacial score (nSPS) is 43.5. The van der Waals surface area contributed by atoms with Gasteiger partial charge >= 0.3 is 0 Å². The van der Waals surface area contributed by atoms with Crippen LogP contribution in [0.15, 0.2) is 0 Å². The molecule has 2 saturated heterocycles. The SMILES string of the molecule is CC.CO.C[C@@]1(O[C@@H]2O[C@H](CO)[C@H](O[C@@H]3O[C@H](CO)C[C@H](O)[C@H]3O)[C@H](O)[C@H]2O)C[C@H](CO)C1[C@H](O)[C@@H](O)C=O. The Morgan fingerprint density at radius 3 is 2.05 bits per heavy atom. The van der Waals surface area contributed by atoms with E-state index in [1.807, 2.05) is 13.8 Å². The Bertz CT molecular complexity index is 698. The lowest BCUT2D eigenvalue weighted by Crippen LogP contribution is -2.67. The van der Waals surface area contributed by atoms with Crippen molar-refractivity contribution in [2.24, 2.45) is 11.8 Å². The number of carbonyl (C=O) groups excluding carboxylic acids is 1. The van der Waals surface area contributed by atoms with Gasteiger partial charge in [0.05, 0.1) is 37.1 Å². The third kappa shape index (κ3) is 8.11. The summed E-state index contributed by atoms with van der Waals surface area (Å²) in [5.74, 6) is -1.43. The van der Waals surface area contributed by atoms with Gasteiger partial charge < -0.3 is 74.8 Å². The fraction of sp³-hybridized carbons (Fsp3) is 0.958. The zero-order valence-corrected chi connectivity index (χ0v) is 22.6. The zero-order valence-electron chi connectivity index (χ0n) is 22.6. The first kappa shape index (κ1) is 36.1. The molecule has 0 radical (unpaired) electrons. The molecule has 3 rings (SSSR count). The first-order valence-electron chi connectivity index (χ1n) is 13.0. The number of hydrogen-bond donors (Lipinski definition) is 10. The topological polar surface area (TPSA) is 256 Å². The van der Waals surface area contributed by atoms with Gasteiger partial charge in [-0.15, -0.1) is 0 Å². The van der Waals surface area contributed by atoms with Crippen LogP contribution < -0.4 is 0 Å². The van der Waals surface area contributed by atoms with E-state index in [1.165, 1.54) is 6.92 Å². The molecule has 1 saturated carbocycles. The van der Waals surface area contributed by atoms with Gasteiger partial charge in [0.2, 0.25) is 0 Å². The van der Waals surface area contributed by atoms with E-state index in [0.29, 0.717) is 0 Å². The monoisotopic (exact) mass is 574 g/mol. The van der Waals surface area contributed by atoms with Crippen LogP contribution in [0.25, 0.3) is 0 Å². The number of aliphatic hydroxyl groups excluding tert-OH is 10. The second-order valence-corrected chi connectivity index (χ2v) is 9.63. The first-order chi connectivity index (χ1) is 18.5. The minimum atomic E-state index is -1.75. The largest absolute Gasteiger partial charge is 0.400 e. The van der Waals surface area contributed by atoms with Gasteiger partial charge in [0, 0.05) is 26.1 Å². The third-order valence-corrected chi connectivity index (χ3v) is 7.18. The van der Waals surface area contributed by atoms with Gasteiger partial charge in [0.1, 0.15) is 36.6 Å². The van der Waals surface area contributed by atoms with Crippen LogP contribution in [0.4, 0.5) is 0 Å². The highest BCUT2D eigenvalue weighted by atomic mass is 16.7. The smallest absolute Gasteiger partial charge is 0.187 e. The van der Waals surface area contributed by atoms with E-state index in [9.17, 15) is 50.8 Å². The second-order valence-electron chi connectivity index (χ2n) is 9.63. The van der Waals surface area contributed by atoms with Crippen LogP contribution in [0.1, 0.15) is 33.6 Å². The third-order valence-electron chi connectivity index (χ3n) is 7.18. The molecular formula is C24H46O15. The number of rotatable bonds is 10. The summed E-state index contributed by atoms with van der Waals surface area (Å²) in [6.07, 6.45) is -16.0. The summed E-state index contributed by atoms with van der Waals surface area (Å²) >= 11 is 0. The van der Waals surface area contributed by atoms with Crippen LogP contribution >= 0.6 is 0 Å². The molecule has 0 aromatic rings. The molecule has 14 atom stereocenters. The average molecular weight is 575 g/mol. The Morgan fingerprint density at radius 2 is 1.54 bits per heavy atom. The molecule has 15 nitrogen and oxygen atoms in total. The van der Waals surface area contributed by atoms with Crippen LogP contribution in [0.5, 0.6) is 0 Å². The number of aliphatic hydroxyl groups is 10. The lowest BCUT2D eigenvalue weighted by atomic mass is 9.59. The Kier molecular flexibility index (Phi) is 15.3. The highest BCUT2D eigenvalue weighted by Gasteiger charge is 2.59. The molecule has 15 heteroatoms. The molecule has 39 heavy (non-hydrogen) atoms. The standard InChI is InChI=1S/C21H36O14.C2H6.CH4O/c1-21(3-8(4-22)13(21)14(28)11(27)6-24)35-20-17(31)16(30)18(12(7-25)33-20)34-19-15(29)10(26)2-9(5-23)32-19;2*1-2/h6,8-20,22-23,25-31H,2-5,7H2,1H3;1-2H3;2H,1H3/t8-,9+,10+,11+,12-,13?,14-,15-,16-,17-,18+,19+,20+,21-;;/m1../s1. The van der Waals surface area contributed by atoms with Crippen molar-refractivity contribution in [3.8, 4) is 0 Å². The minimum absolute atomic E-state index is 0.0531. The molecule has 2 aliphatic heterocycles. The van der Waals surface area contributed by atoms with Crippen molar-refractivity contribution in [3.05, 3.63) is 0 Å². The van der Waals surface area contributed by atoms with Gasteiger partial charge in [-0.05, 0) is 19.3 Å². The van der Waals surface area contributed by atoms with E-state index in [0.717, 1.165) is 7.11 Å². The van der Waals surface area contributed by atoms with Crippen molar-refractivity contribution in [1.29, 1.82) is 0 Å². The molecule has 3 aliphatic rings. The van der Waals surface area contributed by atoms with Crippen molar-refractivity contribution in [2.45, 2.75) is 107 Å². The summed E-state index contributed by atoms with van der Waals surface area (Å²) in [7, 11) is 1.00. The molecule has 0 aromatic heterocycles. The fourth-order valence-corrected chi connectivity index (χ4v) is 5.24. The lowest BCUT2D eigenvalue weighted by molar-refractivity contribution is -0.376. The molecule has 1 aliphatic carbocycles. The molecule has 10 N–H and O–H groups in total. The summed E-state index contributed by atoms with van der Waals surface area (Å²) < 4.78 is 22.4. The summed E-state index contributed by atoms with van der Waals surface area (Å²) in [6.45, 7) is 3.98. The Labute approximate surface area is 227 Å². The van der Waals surface area contributed by atoms with Crippen LogP contribution in [0.2, 0.25) is 0 Å². The van der Waals surface area contributed by atoms with Gasteiger partial charge in [0.25, 0.3) is 0 Å². The number of ether oxygens (including phenoxy) is 4. The lowest BCUT2D eigenvalue weighted by Gasteiger charge is -2.56. The van der Waals surface area contributed by atoms with Crippen molar-refractivity contribution in [3.63, 3.8) is 0 Å². The number of carbonyl (C=O) groups is 1. The van der Waals surface area contributed by atoms with Crippen molar-refractivity contribution >= 4 is 6.29 Å². The van der Waals surface area contributed by atoms with E-state index in [4.69, 9.17) is 24.1 Å².